The van der Waals surface area contributed by atoms with Crippen LogP contribution in [0, 0.1) is 5.92 Å². The van der Waals surface area contributed by atoms with Gasteiger partial charge in [-0.1, -0.05) is 17.7 Å². The van der Waals surface area contributed by atoms with Crippen molar-refractivity contribution in [1.82, 2.24) is 0 Å². The summed E-state index contributed by atoms with van der Waals surface area (Å²) in [6.45, 7) is 2.92. The molecule has 3 rings (SSSR count). The zero-order valence-electron chi connectivity index (χ0n) is 10.1. The molecule has 3 heteroatoms. The lowest BCUT2D eigenvalue weighted by Gasteiger charge is -2.30. The SMILES string of the molecule is C[C@H](O)c1ccc(N2CC3CCC2C3)c(Cl)c1. The van der Waals surface area contributed by atoms with Gasteiger partial charge in [0.2, 0.25) is 0 Å². The molecule has 1 aliphatic heterocycles. The molecule has 2 fully saturated rings. The van der Waals surface area contributed by atoms with Crippen molar-refractivity contribution in [2.24, 2.45) is 5.92 Å². The minimum absolute atomic E-state index is 0.448. The Balaban J connectivity index is 1.89. The van der Waals surface area contributed by atoms with Gasteiger partial charge >= 0.3 is 0 Å². The molecule has 92 valence electrons. The normalized spacial score (nSPS) is 28.8. The highest BCUT2D eigenvalue weighted by Gasteiger charge is 2.38. The number of fused-ring (bicyclic) bond motifs is 2. The van der Waals surface area contributed by atoms with Crippen LogP contribution in [0.3, 0.4) is 0 Å². The largest absolute Gasteiger partial charge is 0.389 e. The van der Waals surface area contributed by atoms with Gasteiger partial charge in [-0.05, 0) is 49.8 Å². The van der Waals surface area contributed by atoms with Crippen LogP contribution in [-0.2, 0) is 0 Å². The predicted octanol–water partition coefficient (Wildman–Crippen LogP) is 3.38. The van der Waals surface area contributed by atoms with Gasteiger partial charge in [0, 0.05) is 12.6 Å². The molecule has 0 aromatic heterocycles. The van der Waals surface area contributed by atoms with Crippen molar-refractivity contribution in [3.05, 3.63) is 28.8 Å². The monoisotopic (exact) mass is 251 g/mol. The lowest BCUT2D eigenvalue weighted by atomic mass is 10.1. The molecule has 3 atom stereocenters. The highest BCUT2D eigenvalue weighted by atomic mass is 35.5. The van der Waals surface area contributed by atoms with Crippen molar-refractivity contribution in [2.45, 2.75) is 38.3 Å². The number of nitrogens with zero attached hydrogens (tertiary/aromatic N) is 1. The van der Waals surface area contributed by atoms with Crippen LogP contribution in [0.4, 0.5) is 5.69 Å². The first-order chi connectivity index (χ1) is 8.15. The summed E-state index contributed by atoms with van der Waals surface area (Å²) in [5.74, 6) is 0.868. The fourth-order valence-corrected chi connectivity index (χ4v) is 3.53. The van der Waals surface area contributed by atoms with Crippen LogP contribution in [0.2, 0.25) is 5.02 Å². The first-order valence-electron chi connectivity index (χ1n) is 6.39. The number of aliphatic hydroxyl groups is 1. The summed E-state index contributed by atoms with van der Waals surface area (Å²) < 4.78 is 0. The van der Waals surface area contributed by atoms with Crippen molar-refractivity contribution in [1.29, 1.82) is 0 Å². The van der Waals surface area contributed by atoms with Gasteiger partial charge in [0.05, 0.1) is 16.8 Å². The van der Waals surface area contributed by atoms with Crippen LogP contribution >= 0.6 is 11.6 Å². The van der Waals surface area contributed by atoms with Gasteiger partial charge in [-0.3, -0.25) is 0 Å². The fourth-order valence-electron chi connectivity index (χ4n) is 3.24. The average molecular weight is 252 g/mol. The van der Waals surface area contributed by atoms with Crippen LogP contribution in [0.5, 0.6) is 0 Å². The Morgan fingerprint density at radius 3 is 2.76 bits per heavy atom. The Bertz CT molecular complexity index is 432. The van der Waals surface area contributed by atoms with Crippen molar-refractivity contribution in [3.8, 4) is 0 Å². The smallest absolute Gasteiger partial charge is 0.0762 e. The third-order valence-electron chi connectivity index (χ3n) is 4.17. The van der Waals surface area contributed by atoms with E-state index in [1.54, 1.807) is 6.92 Å². The molecule has 2 bridgehead atoms. The van der Waals surface area contributed by atoms with E-state index < -0.39 is 6.10 Å². The van der Waals surface area contributed by atoms with E-state index in [4.69, 9.17) is 11.6 Å². The molecule has 1 aromatic rings. The second-order valence-corrected chi connectivity index (χ2v) is 5.78. The van der Waals surface area contributed by atoms with Gasteiger partial charge < -0.3 is 10.0 Å². The second-order valence-electron chi connectivity index (χ2n) is 5.37. The maximum Gasteiger partial charge on any atom is 0.0762 e. The van der Waals surface area contributed by atoms with Crippen molar-refractivity contribution >= 4 is 17.3 Å². The molecule has 0 amide bonds. The molecule has 2 nitrogen and oxygen atoms in total. The number of hydrogen-bond donors (Lipinski definition) is 1. The van der Waals surface area contributed by atoms with E-state index in [0.717, 1.165) is 28.7 Å². The molecule has 0 spiro atoms. The Morgan fingerprint density at radius 2 is 2.24 bits per heavy atom. The number of anilines is 1. The van der Waals surface area contributed by atoms with Gasteiger partial charge in [-0.25, -0.2) is 0 Å². The summed E-state index contributed by atoms with van der Waals surface area (Å²) in [5, 5.41) is 10.3. The van der Waals surface area contributed by atoms with E-state index in [9.17, 15) is 5.11 Å². The van der Waals surface area contributed by atoms with Crippen LogP contribution in [0.15, 0.2) is 18.2 Å². The van der Waals surface area contributed by atoms with Crippen molar-refractivity contribution in [2.75, 3.05) is 11.4 Å². The first kappa shape index (κ1) is 11.4. The number of halogens is 1. The van der Waals surface area contributed by atoms with E-state index in [2.05, 4.69) is 11.0 Å². The molecule has 1 saturated carbocycles. The predicted molar refractivity (Wildman–Crippen MR) is 70.6 cm³/mol. The van der Waals surface area contributed by atoms with Crippen LogP contribution < -0.4 is 4.90 Å². The summed E-state index contributed by atoms with van der Waals surface area (Å²) in [7, 11) is 0. The first-order valence-corrected chi connectivity index (χ1v) is 6.77. The zero-order valence-corrected chi connectivity index (χ0v) is 10.8. The van der Waals surface area contributed by atoms with E-state index in [0.29, 0.717) is 6.04 Å². The lowest BCUT2D eigenvalue weighted by Crippen LogP contribution is -2.32. The molecule has 17 heavy (non-hydrogen) atoms. The van der Waals surface area contributed by atoms with E-state index in [1.807, 2.05) is 12.1 Å². The number of rotatable bonds is 2. The van der Waals surface area contributed by atoms with Gasteiger partial charge in [0.25, 0.3) is 0 Å². The van der Waals surface area contributed by atoms with Gasteiger partial charge in [-0.15, -0.1) is 0 Å². The topological polar surface area (TPSA) is 23.5 Å². The molecule has 1 heterocycles. The molecule has 1 aliphatic carbocycles. The zero-order chi connectivity index (χ0) is 12.0. The van der Waals surface area contributed by atoms with E-state index in [1.165, 1.54) is 19.3 Å². The lowest BCUT2D eigenvalue weighted by molar-refractivity contribution is 0.199. The fraction of sp³-hybridized carbons (Fsp3) is 0.571. The number of piperidine rings is 1. The summed E-state index contributed by atoms with van der Waals surface area (Å²) >= 11 is 6.34. The molecule has 2 unspecified atom stereocenters. The summed E-state index contributed by atoms with van der Waals surface area (Å²) in [4.78, 5) is 2.45. The van der Waals surface area contributed by atoms with Gasteiger partial charge in [0.1, 0.15) is 0 Å². The third kappa shape index (κ3) is 1.94. The third-order valence-corrected chi connectivity index (χ3v) is 4.48. The van der Waals surface area contributed by atoms with Gasteiger partial charge in [-0.2, -0.15) is 0 Å². The summed E-state index contributed by atoms with van der Waals surface area (Å²) in [6.07, 6.45) is 3.56. The maximum absolute atomic E-state index is 9.54. The molecule has 1 saturated heterocycles. The maximum atomic E-state index is 9.54. The molecular formula is C14H18ClNO. The Morgan fingerprint density at radius 1 is 1.41 bits per heavy atom. The standard InChI is InChI=1S/C14H18ClNO/c1-9(17)11-3-5-14(13(15)7-11)16-8-10-2-4-12(16)6-10/h3,5,7,9-10,12,17H,2,4,6,8H2,1H3/t9-,10?,12?/m0/s1. The van der Waals surface area contributed by atoms with E-state index >= 15 is 0 Å². The van der Waals surface area contributed by atoms with Crippen LogP contribution in [0.25, 0.3) is 0 Å². The number of aliphatic hydroxyl groups excluding tert-OH is 1. The highest BCUT2D eigenvalue weighted by molar-refractivity contribution is 6.33. The quantitative estimate of drug-likeness (QED) is 0.871. The second kappa shape index (κ2) is 4.18. The van der Waals surface area contributed by atoms with Crippen LogP contribution in [0.1, 0.15) is 37.9 Å². The highest BCUT2D eigenvalue weighted by Crippen LogP contribution is 2.42. The summed E-state index contributed by atoms with van der Waals surface area (Å²) in [5.41, 5.74) is 2.03. The molecule has 2 aliphatic rings. The number of hydrogen-bond acceptors (Lipinski definition) is 2. The van der Waals surface area contributed by atoms with Gasteiger partial charge in [0.15, 0.2) is 0 Å². The van der Waals surface area contributed by atoms with Crippen molar-refractivity contribution in [3.63, 3.8) is 0 Å². The van der Waals surface area contributed by atoms with Crippen molar-refractivity contribution < 1.29 is 5.11 Å². The minimum Gasteiger partial charge on any atom is -0.389 e. The minimum atomic E-state index is -0.448. The molecule has 1 N–H and O–H groups in total. The number of benzene rings is 1. The molecule has 0 radical (unpaired) electrons. The Hall–Kier alpha value is -0.730. The molecule has 1 aromatic carbocycles. The summed E-state index contributed by atoms with van der Waals surface area (Å²) in [6, 6.07) is 6.63. The van der Waals surface area contributed by atoms with Crippen LogP contribution in [-0.4, -0.2) is 17.7 Å². The van der Waals surface area contributed by atoms with E-state index in [-0.39, 0.29) is 0 Å². The Labute approximate surface area is 107 Å². The average Bonchev–Trinajstić information content (AvgIpc) is 2.90. The Kier molecular flexibility index (Phi) is 2.80. The molecular weight excluding hydrogens is 234 g/mol.